The van der Waals surface area contributed by atoms with Crippen LogP contribution in [0.15, 0.2) is 0 Å². The zero-order valence-electron chi connectivity index (χ0n) is 33.8. The summed E-state index contributed by atoms with van der Waals surface area (Å²) in [7, 11) is -3.54. The Morgan fingerprint density at radius 2 is 0.357 bits per heavy atom. The molecule has 0 amide bonds. The SMILES string of the molecule is CC(=N)[O-].CC(=N)[O-].CN1CCN(C)CCN(C)CCN(C)CC1.CN1CCN(C)CCN(C)CCN(C)CC1.F[P-](F)(F)(F)(F)F.F[P-](F)(F)(F)(F)F.[Ni+2].[Ni+2]. The van der Waals surface area contributed by atoms with E-state index in [9.17, 15) is 50.4 Å². The molecule has 0 aromatic rings. The summed E-state index contributed by atoms with van der Waals surface area (Å²) in [6.45, 7) is 21.2. The second-order valence-electron chi connectivity index (χ2n) is 13.5. The van der Waals surface area contributed by atoms with Gasteiger partial charge in [-0.05, 0) is 82.0 Å². The predicted octanol–water partition coefficient (Wildman–Crippen LogP) is 4.90. The van der Waals surface area contributed by atoms with E-state index in [1.54, 1.807) is 0 Å². The molecule has 0 atom stereocenters. The van der Waals surface area contributed by atoms with E-state index in [0.29, 0.717) is 0 Å². The van der Waals surface area contributed by atoms with Gasteiger partial charge in [0.05, 0.1) is 0 Å². The van der Waals surface area contributed by atoms with E-state index < -0.39 is 27.4 Å². The van der Waals surface area contributed by atoms with Gasteiger partial charge in [-0.1, -0.05) is 0 Å². The normalized spacial score (nSPS) is 21.7. The Kier molecular flexibility index (Phi) is 33.1. The van der Waals surface area contributed by atoms with Crippen molar-refractivity contribution in [3.05, 3.63) is 0 Å². The van der Waals surface area contributed by atoms with Crippen molar-refractivity contribution in [3.63, 3.8) is 0 Å². The standard InChI is InChI=1S/2C12H28N4.2C2H5NO.2F6P.2Ni/c2*1-13-5-7-14(2)9-11-16(4)12-10-15(3)8-6-13;2*1-2(3)4;2*1-7(2,3,4,5)6;;/h2*5-12H2,1-4H3;2*1H3,(H2,3,4);;;;/q;;;;2*-1;2*+2/p-2. The monoisotopic (exact) mass is 978 g/mol. The first-order chi connectivity index (χ1) is 23.5. The third-order valence-corrected chi connectivity index (χ3v) is 6.91. The minimum Gasteiger partial charge on any atom is 2.00 e. The molecule has 0 aromatic carbocycles. The van der Waals surface area contributed by atoms with Crippen LogP contribution in [-0.4, -0.2) is 212 Å². The second kappa shape index (κ2) is 27.5. The van der Waals surface area contributed by atoms with E-state index in [1.165, 1.54) is 119 Å². The third-order valence-electron chi connectivity index (χ3n) is 6.91. The first kappa shape index (κ1) is 67.4. The van der Waals surface area contributed by atoms with Crippen LogP contribution < -0.4 is 10.2 Å². The summed E-state index contributed by atoms with van der Waals surface area (Å²) < 4.78 is 118. The molecule has 0 unspecified atom stereocenters. The Hall–Kier alpha value is -0.373. The average Bonchev–Trinajstić information content (AvgIpc) is 2.91. The van der Waals surface area contributed by atoms with Crippen molar-refractivity contribution in [3.8, 4) is 0 Å². The maximum Gasteiger partial charge on any atom is 2.00 e. The number of nitrogens with one attached hydrogen (secondary N) is 2. The van der Waals surface area contributed by atoms with Crippen LogP contribution in [0.25, 0.3) is 0 Å². The summed E-state index contributed by atoms with van der Waals surface area (Å²) in [6.07, 6.45) is 0. The average molecular weight is 980 g/mol. The van der Waals surface area contributed by atoms with E-state index in [4.69, 9.17) is 21.0 Å². The van der Waals surface area contributed by atoms with Crippen LogP contribution in [-0.2, 0) is 33.0 Å². The smallest absolute Gasteiger partial charge is 2.00 e. The first-order valence-electron chi connectivity index (χ1n) is 16.6. The molecule has 0 spiro atoms. The predicted molar refractivity (Wildman–Crippen MR) is 194 cm³/mol. The van der Waals surface area contributed by atoms with Gasteiger partial charge < -0.3 is 60.2 Å². The molecule has 0 aromatic heterocycles. The molecular formula is C28H64F12N10Ni2O2P2. The fourth-order valence-corrected chi connectivity index (χ4v) is 3.63. The van der Waals surface area contributed by atoms with Crippen LogP contribution >= 0.6 is 15.6 Å². The van der Waals surface area contributed by atoms with Crippen molar-refractivity contribution in [2.75, 3.05) is 161 Å². The van der Waals surface area contributed by atoms with E-state index in [1.807, 2.05) is 0 Å². The number of halogens is 12. The molecule has 0 saturated carbocycles. The molecule has 28 heteroatoms. The Morgan fingerprint density at radius 3 is 0.393 bits per heavy atom. The zero-order chi connectivity index (χ0) is 43.9. The van der Waals surface area contributed by atoms with Gasteiger partial charge in [-0.3, -0.25) is 0 Å². The van der Waals surface area contributed by atoms with Gasteiger partial charge in [0, 0.05) is 105 Å². The minimum atomic E-state index is -10.7. The largest absolute Gasteiger partial charge is 2.00 e. The molecule has 352 valence electrons. The molecule has 2 rings (SSSR count). The van der Waals surface area contributed by atoms with Gasteiger partial charge >= 0.3 is 99.0 Å². The van der Waals surface area contributed by atoms with Crippen molar-refractivity contribution >= 4 is 27.4 Å². The summed E-state index contributed by atoms with van der Waals surface area (Å²) in [5.41, 5.74) is 0. The quantitative estimate of drug-likeness (QED) is 0.114. The molecule has 2 saturated heterocycles. The van der Waals surface area contributed by atoms with E-state index >= 15 is 0 Å². The van der Waals surface area contributed by atoms with E-state index in [2.05, 4.69) is 95.6 Å². The van der Waals surface area contributed by atoms with Crippen LogP contribution in [0.5, 0.6) is 0 Å². The van der Waals surface area contributed by atoms with E-state index in [-0.39, 0.29) is 33.0 Å². The number of hydrogen-bond donors (Lipinski definition) is 2. The van der Waals surface area contributed by atoms with Gasteiger partial charge in [-0.2, -0.15) is 0 Å². The summed E-state index contributed by atoms with van der Waals surface area (Å²) in [6, 6.07) is 0. The van der Waals surface area contributed by atoms with Gasteiger partial charge in [0.1, 0.15) is 0 Å². The molecule has 2 aliphatic heterocycles. The topological polar surface area (TPSA) is 120 Å². The Balaban J connectivity index is -0.000000145. The van der Waals surface area contributed by atoms with Crippen LogP contribution in [0.2, 0.25) is 0 Å². The molecular weight excluding hydrogens is 916 g/mol. The molecule has 2 N–H and O–H groups in total. The van der Waals surface area contributed by atoms with Crippen LogP contribution in [0, 0.1) is 10.8 Å². The summed E-state index contributed by atoms with van der Waals surface area (Å²) >= 11 is 0. The molecule has 0 aliphatic carbocycles. The van der Waals surface area contributed by atoms with Gasteiger partial charge in [0.25, 0.3) is 0 Å². The van der Waals surface area contributed by atoms with Crippen LogP contribution in [0.1, 0.15) is 13.8 Å². The number of likely N-dealkylation sites (N-methyl/N-ethyl adjacent to an activating group) is 8. The molecule has 12 nitrogen and oxygen atoms in total. The molecule has 0 radical (unpaired) electrons. The van der Waals surface area contributed by atoms with Gasteiger partial charge in [-0.15, -0.1) is 0 Å². The maximum atomic E-state index is 9.87. The second-order valence-corrected chi connectivity index (χ2v) is 17.3. The van der Waals surface area contributed by atoms with Crippen molar-refractivity contribution in [1.29, 1.82) is 10.8 Å². The molecule has 2 heterocycles. The Labute approximate surface area is 345 Å². The third kappa shape index (κ3) is 94.6. The van der Waals surface area contributed by atoms with Crippen LogP contribution in [0.3, 0.4) is 0 Å². The number of hydrogen-bond acceptors (Lipinski definition) is 12. The fourth-order valence-electron chi connectivity index (χ4n) is 3.63. The summed E-state index contributed by atoms with van der Waals surface area (Å²) in [5, 5.41) is 30.1. The summed E-state index contributed by atoms with van der Waals surface area (Å²) in [4.78, 5) is 19.4. The first-order valence-corrected chi connectivity index (χ1v) is 20.6. The van der Waals surface area contributed by atoms with Crippen LogP contribution in [0.4, 0.5) is 50.4 Å². The van der Waals surface area contributed by atoms with Crippen molar-refractivity contribution < 1.29 is 93.6 Å². The van der Waals surface area contributed by atoms with Crippen molar-refractivity contribution in [1.82, 2.24) is 39.2 Å². The van der Waals surface area contributed by atoms with Crippen molar-refractivity contribution in [2.24, 2.45) is 0 Å². The minimum absolute atomic E-state index is 0. The van der Waals surface area contributed by atoms with E-state index in [0.717, 1.165) is 0 Å². The molecule has 2 aliphatic rings. The Morgan fingerprint density at radius 1 is 0.321 bits per heavy atom. The molecule has 0 bridgehead atoms. The zero-order valence-corrected chi connectivity index (χ0v) is 37.5. The number of rotatable bonds is 0. The summed E-state index contributed by atoms with van der Waals surface area (Å²) in [5.74, 6) is -1.17. The van der Waals surface area contributed by atoms with Gasteiger partial charge in [0.2, 0.25) is 0 Å². The molecule has 56 heavy (non-hydrogen) atoms. The van der Waals surface area contributed by atoms with Gasteiger partial charge in [0.15, 0.2) is 0 Å². The molecule has 2 fully saturated rings. The Bertz CT molecular complexity index is 824. The fraction of sp³-hybridized carbons (Fsp3) is 0.929. The number of nitrogens with zero attached hydrogens (tertiary/aromatic N) is 8. The maximum absolute atomic E-state index is 10.7. The van der Waals surface area contributed by atoms with Crippen molar-refractivity contribution in [2.45, 2.75) is 13.8 Å². The van der Waals surface area contributed by atoms with Gasteiger partial charge in [-0.25, -0.2) is 0 Å².